The minimum atomic E-state index is -3.55. The van der Waals surface area contributed by atoms with Gasteiger partial charge >= 0.3 is 6.09 Å². The number of ether oxygens (including phenoxy) is 1. The molecule has 1 rings (SSSR count). The lowest BCUT2D eigenvalue weighted by atomic mass is 10.1. The van der Waals surface area contributed by atoms with Gasteiger partial charge in [-0.15, -0.1) is 0 Å². The summed E-state index contributed by atoms with van der Waals surface area (Å²) in [4.78, 5) is 11.8. The van der Waals surface area contributed by atoms with E-state index >= 15 is 0 Å². The first-order valence-corrected chi connectivity index (χ1v) is 9.50. The number of benzene rings is 1. The normalized spacial score (nSPS) is 13.1. The maximum atomic E-state index is 11.8. The number of rotatable bonds is 5. The van der Waals surface area contributed by atoms with Crippen LogP contribution in [0, 0.1) is 3.57 Å². The van der Waals surface area contributed by atoms with E-state index in [9.17, 15) is 13.2 Å². The van der Waals surface area contributed by atoms with Gasteiger partial charge in [0.2, 0.25) is 0 Å². The van der Waals surface area contributed by atoms with Crippen molar-refractivity contribution < 1.29 is 17.9 Å². The number of amides is 1. The van der Waals surface area contributed by atoms with Crippen LogP contribution in [0.2, 0.25) is 0 Å². The van der Waals surface area contributed by atoms with E-state index in [2.05, 4.69) is 16.6 Å². The number of carbonyl (C=O) groups excluding carboxylic acids is 1. The second kappa shape index (κ2) is 7.52. The topological polar surface area (TPSA) is 84.5 Å². The first kappa shape index (κ1) is 19.8. The van der Waals surface area contributed by atoms with Crippen LogP contribution in [0.3, 0.4) is 0 Å². The summed E-state index contributed by atoms with van der Waals surface area (Å²) in [5.74, 6) is 0. The van der Waals surface area contributed by atoms with E-state index in [0.29, 0.717) is 9.26 Å². The highest BCUT2D eigenvalue weighted by Gasteiger charge is 2.19. The fourth-order valence-corrected chi connectivity index (χ4v) is 3.07. The number of anilines is 1. The summed E-state index contributed by atoms with van der Waals surface area (Å²) in [6.07, 6.45) is -0.503. The monoisotopic (exact) mass is 452 g/mol. The standard InChI is InChI=1S/C15H21IN2O4S/c1-6-23(20,21)18-13-8-7-11(9-12(13)16)10(2)17-14(19)22-15(3,4)5/h6-10,18H,1H2,2-5H3,(H,17,19). The molecule has 8 heteroatoms. The Morgan fingerprint density at radius 2 is 2.00 bits per heavy atom. The van der Waals surface area contributed by atoms with Crippen molar-refractivity contribution in [2.75, 3.05) is 4.72 Å². The van der Waals surface area contributed by atoms with Crippen molar-refractivity contribution >= 4 is 44.4 Å². The Bertz CT molecular complexity index is 696. The smallest absolute Gasteiger partial charge is 0.408 e. The van der Waals surface area contributed by atoms with Crippen molar-refractivity contribution in [3.63, 3.8) is 0 Å². The summed E-state index contributed by atoms with van der Waals surface area (Å²) in [5, 5.41) is 3.59. The molecule has 0 fully saturated rings. The zero-order valence-electron chi connectivity index (χ0n) is 13.5. The van der Waals surface area contributed by atoms with Crippen LogP contribution >= 0.6 is 22.6 Å². The fraction of sp³-hybridized carbons (Fsp3) is 0.400. The average molecular weight is 452 g/mol. The number of hydrogen-bond acceptors (Lipinski definition) is 4. The van der Waals surface area contributed by atoms with E-state index in [1.54, 1.807) is 39.0 Å². The summed E-state index contributed by atoms with van der Waals surface area (Å²) in [5.41, 5.74) is 0.728. The molecule has 128 valence electrons. The molecule has 1 amide bonds. The molecule has 1 aromatic rings. The maximum absolute atomic E-state index is 11.8. The van der Waals surface area contributed by atoms with Crippen LogP contribution in [0.5, 0.6) is 0 Å². The van der Waals surface area contributed by atoms with Crippen molar-refractivity contribution in [1.82, 2.24) is 5.32 Å². The van der Waals surface area contributed by atoms with E-state index in [1.807, 2.05) is 29.5 Å². The van der Waals surface area contributed by atoms with Crippen LogP contribution in [-0.4, -0.2) is 20.1 Å². The van der Waals surface area contributed by atoms with E-state index < -0.39 is 21.7 Å². The number of alkyl carbamates (subject to hydrolysis) is 1. The molecule has 0 aliphatic rings. The molecule has 1 unspecified atom stereocenters. The largest absolute Gasteiger partial charge is 0.444 e. The van der Waals surface area contributed by atoms with Gasteiger partial charge in [0.1, 0.15) is 5.60 Å². The molecule has 6 nitrogen and oxygen atoms in total. The highest BCUT2D eigenvalue weighted by Crippen LogP contribution is 2.24. The second-order valence-electron chi connectivity index (χ2n) is 5.92. The first-order valence-electron chi connectivity index (χ1n) is 6.88. The number of sulfonamides is 1. The summed E-state index contributed by atoms with van der Waals surface area (Å²) >= 11 is 2.03. The molecule has 0 aliphatic heterocycles. The Kier molecular flexibility index (Phi) is 6.46. The van der Waals surface area contributed by atoms with Crippen molar-refractivity contribution in [1.29, 1.82) is 0 Å². The minimum Gasteiger partial charge on any atom is -0.444 e. The van der Waals surface area contributed by atoms with Crippen LogP contribution < -0.4 is 10.0 Å². The molecule has 0 heterocycles. The lowest BCUT2D eigenvalue weighted by Crippen LogP contribution is -2.34. The predicted molar refractivity (Wildman–Crippen MR) is 99.7 cm³/mol. The van der Waals surface area contributed by atoms with Crippen LogP contribution in [0.4, 0.5) is 10.5 Å². The van der Waals surface area contributed by atoms with Crippen molar-refractivity contribution in [2.24, 2.45) is 0 Å². The van der Waals surface area contributed by atoms with Crippen molar-refractivity contribution in [2.45, 2.75) is 39.3 Å². The Morgan fingerprint density at radius 1 is 1.39 bits per heavy atom. The van der Waals surface area contributed by atoms with E-state index in [4.69, 9.17) is 4.74 Å². The molecule has 0 saturated heterocycles. The van der Waals surface area contributed by atoms with Gasteiger partial charge in [-0.2, -0.15) is 0 Å². The summed E-state index contributed by atoms with van der Waals surface area (Å²) in [6.45, 7) is 10.5. The zero-order chi connectivity index (χ0) is 17.8. The molecule has 1 atom stereocenters. The minimum absolute atomic E-state index is 0.275. The van der Waals surface area contributed by atoms with Gasteiger partial charge in [0.05, 0.1) is 11.7 Å². The molecule has 0 bridgehead atoms. The first-order chi connectivity index (χ1) is 10.4. The summed E-state index contributed by atoms with van der Waals surface area (Å²) in [7, 11) is -3.55. The van der Waals surface area contributed by atoms with Gasteiger partial charge in [0, 0.05) is 8.98 Å². The molecule has 1 aromatic carbocycles. The van der Waals surface area contributed by atoms with Crippen LogP contribution in [0.25, 0.3) is 0 Å². The zero-order valence-corrected chi connectivity index (χ0v) is 16.5. The van der Waals surface area contributed by atoms with Crippen LogP contribution in [0.15, 0.2) is 30.2 Å². The highest BCUT2D eigenvalue weighted by molar-refractivity contribution is 14.1. The van der Waals surface area contributed by atoms with E-state index in [-0.39, 0.29) is 6.04 Å². The maximum Gasteiger partial charge on any atom is 0.408 e. The summed E-state index contributed by atoms with van der Waals surface area (Å²) in [6, 6.07) is 4.91. The quantitative estimate of drug-likeness (QED) is 0.667. The van der Waals surface area contributed by atoms with Crippen molar-refractivity contribution in [3.05, 3.63) is 39.3 Å². The van der Waals surface area contributed by atoms with Gasteiger partial charge < -0.3 is 10.1 Å². The molecular weight excluding hydrogens is 431 g/mol. The second-order valence-corrected chi connectivity index (χ2v) is 8.71. The number of hydrogen-bond donors (Lipinski definition) is 2. The predicted octanol–water partition coefficient (Wildman–Crippen LogP) is 3.76. The van der Waals surface area contributed by atoms with Gasteiger partial charge in [-0.25, -0.2) is 13.2 Å². The molecular formula is C15H21IN2O4S. The van der Waals surface area contributed by atoms with Gasteiger partial charge in [-0.3, -0.25) is 4.72 Å². The lowest BCUT2D eigenvalue weighted by molar-refractivity contribution is 0.0508. The van der Waals surface area contributed by atoms with E-state index in [1.165, 1.54) is 0 Å². The molecule has 0 saturated carbocycles. The third-order valence-electron chi connectivity index (χ3n) is 2.70. The third-order valence-corrected chi connectivity index (χ3v) is 4.53. The molecule has 2 N–H and O–H groups in total. The number of halogens is 1. The van der Waals surface area contributed by atoms with Gasteiger partial charge in [-0.1, -0.05) is 12.6 Å². The molecule has 0 aromatic heterocycles. The molecule has 0 radical (unpaired) electrons. The van der Waals surface area contributed by atoms with E-state index in [0.717, 1.165) is 11.0 Å². The molecule has 0 spiro atoms. The Hall–Kier alpha value is -1.29. The summed E-state index contributed by atoms with van der Waals surface area (Å²) < 4.78 is 31.4. The van der Waals surface area contributed by atoms with Gasteiger partial charge in [0.25, 0.3) is 10.0 Å². The highest BCUT2D eigenvalue weighted by atomic mass is 127. The third kappa shape index (κ3) is 6.78. The van der Waals surface area contributed by atoms with Gasteiger partial charge in [-0.05, 0) is 68.0 Å². The fourth-order valence-electron chi connectivity index (χ4n) is 1.65. The Morgan fingerprint density at radius 3 is 2.48 bits per heavy atom. The van der Waals surface area contributed by atoms with Gasteiger partial charge in [0.15, 0.2) is 0 Å². The number of carbonyl (C=O) groups is 1. The Labute approximate surface area is 150 Å². The van der Waals surface area contributed by atoms with Crippen LogP contribution in [0.1, 0.15) is 39.3 Å². The molecule has 23 heavy (non-hydrogen) atoms. The SMILES string of the molecule is C=CS(=O)(=O)Nc1ccc(C(C)NC(=O)OC(C)(C)C)cc1I. The Balaban J connectivity index is 2.84. The average Bonchev–Trinajstić information content (AvgIpc) is 2.38. The lowest BCUT2D eigenvalue weighted by Gasteiger charge is -2.22. The van der Waals surface area contributed by atoms with Crippen molar-refractivity contribution in [3.8, 4) is 0 Å². The number of nitrogens with one attached hydrogen (secondary N) is 2. The molecule has 0 aliphatic carbocycles. The van der Waals surface area contributed by atoms with Crippen LogP contribution in [-0.2, 0) is 14.8 Å².